The normalized spacial score (nSPS) is 11.9. The molecule has 0 heterocycles. The second-order valence-corrected chi connectivity index (χ2v) is 3.20. The molecule has 0 aromatic carbocycles. The monoisotopic (exact) mass is 154 g/mol. The van der Waals surface area contributed by atoms with Crippen molar-refractivity contribution in [3.05, 3.63) is 11.8 Å². The van der Waals surface area contributed by atoms with E-state index in [9.17, 15) is 0 Å². The first-order chi connectivity index (χ1) is 5.06. The Balaban J connectivity index is 3.86. The molecule has 0 aliphatic heterocycles. The molecular weight excluding hydrogens is 136 g/mol. The Hall–Kier alpha value is -0.790. The van der Waals surface area contributed by atoms with Crippen LogP contribution in [0.3, 0.4) is 0 Å². The van der Waals surface area contributed by atoms with Crippen molar-refractivity contribution in [2.75, 3.05) is 7.05 Å². The Morgan fingerprint density at radius 2 is 2.09 bits per heavy atom. The van der Waals surface area contributed by atoms with Gasteiger partial charge >= 0.3 is 0 Å². The maximum Gasteiger partial charge on any atom is 0.0333 e. The van der Waals surface area contributed by atoms with Crippen LogP contribution in [0.1, 0.15) is 27.2 Å². The minimum absolute atomic E-state index is 0.573. The van der Waals surface area contributed by atoms with Gasteiger partial charge in [0.25, 0.3) is 0 Å². The molecule has 0 rings (SSSR count). The van der Waals surface area contributed by atoms with Gasteiger partial charge in [0.1, 0.15) is 0 Å². The summed E-state index contributed by atoms with van der Waals surface area (Å²) < 4.78 is 0. The number of rotatable bonds is 4. The molecule has 0 amide bonds. The van der Waals surface area contributed by atoms with Crippen LogP contribution < -0.4 is 5.32 Å². The van der Waals surface area contributed by atoms with Crippen molar-refractivity contribution >= 4 is 5.71 Å². The minimum atomic E-state index is 0.573. The van der Waals surface area contributed by atoms with Gasteiger partial charge in [0.05, 0.1) is 0 Å². The lowest BCUT2D eigenvalue weighted by molar-refractivity contribution is 0.683. The van der Waals surface area contributed by atoms with E-state index in [2.05, 4.69) is 19.2 Å². The zero-order valence-corrected chi connectivity index (χ0v) is 7.86. The van der Waals surface area contributed by atoms with Crippen molar-refractivity contribution in [3.63, 3.8) is 0 Å². The molecule has 0 aliphatic rings. The van der Waals surface area contributed by atoms with Crippen LogP contribution in [0.5, 0.6) is 0 Å². The van der Waals surface area contributed by atoms with Gasteiger partial charge in [-0.25, -0.2) is 0 Å². The molecule has 0 fully saturated rings. The molecule has 0 radical (unpaired) electrons. The fraction of sp³-hybridized carbons (Fsp3) is 0.667. The molecule has 0 saturated carbocycles. The second-order valence-electron chi connectivity index (χ2n) is 3.20. The molecule has 0 spiro atoms. The summed E-state index contributed by atoms with van der Waals surface area (Å²) in [6.45, 7) is 6.21. The third kappa shape index (κ3) is 5.64. The van der Waals surface area contributed by atoms with E-state index >= 15 is 0 Å². The quantitative estimate of drug-likeness (QED) is 0.598. The highest BCUT2D eigenvalue weighted by atomic mass is 14.8. The van der Waals surface area contributed by atoms with Gasteiger partial charge in [-0.1, -0.05) is 13.8 Å². The largest absolute Gasteiger partial charge is 0.392 e. The van der Waals surface area contributed by atoms with Gasteiger partial charge in [0, 0.05) is 18.5 Å². The first-order valence-electron chi connectivity index (χ1n) is 3.99. The summed E-state index contributed by atoms with van der Waals surface area (Å²) >= 11 is 0. The molecule has 0 saturated heterocycles. The molecule has 0 bridgehead atoms. The zero-order valence-electron chi connectivity index (χ0n) is 7.86. The highest BCUT2D eigenvalue weighted by molar-refractivity contribution is 5.92. The summed E-state index contributed by atoms with van der Waals surface area (Å²) in [7, 11) is 1.87. The lowest BCUT2D eigenvalue weighted by atomic mass is 10.1. The van der Waals surface area contributed by atoms with Gasteiger partial charge in [-0.15, -0.1) is 0 Å². The van der Waals surface area contributed by atoms with Crippen molar-refractivity contribution in [2.45, 2.75) is 27.2 Å². The van der Waals surface area contributed by atoms with E-state index in [4.69, 9.17) is 5.41 Å². The van der Waals surface area contributed by atoms with E-state index in [1.54, 1.807) is 0 Å². The minimum Gasteiger partial charge on any atom is -0.392 e. The molecule has 11 heavy (non-hydrogen) atoms. The molecule has 0 atom stereocenters. The van der Waals surface area contributed by atoms with Crippen LogP contribution in [-0.4, -0.2) is 12.8 Å². The SMILES string of the molecule is CN/C(C)=C\C(=N)CC(C)C. The van der Waals surface area contributed by atoms with Gasteiger partial charge in [-0.05, 0) is 25.3 Å². The molecule has 0 aromatic heterocycles. The predicted molar refractivity (Wildman–Crippen MR) is 50.0 cm³/mol. The third-order valence-electron chi connectivity index (χ3n) is 1.41. The molecule has 2 N–H and O–H groups in total. The highest BCUT2D eigenvalue weighted by Crippen LogP contribution is 2.02. The van der Waals surface area contributed by atoms with E-state index in [1.807, 2.05) is 20.0 Å². The number of hydrogen-bond acceptors (Lipinski definition) is 2. The van der Waals surface area contributed by atoms with Crippen molar-refractivity contribution in [3.8, 4) is 0 Å². The van der Waals surface area contributed by atoms with Crippen molar-refractivity contribution in [2.24, 2.45) is 5.92 Å². The van der Waals surface area contributed by atoms with Crippen molar-refractivity contribution in [1.82, 2.24) is 5.32 Å². The third-order valence-corrected chi connectivity index (χ3v) is 1.41. The number of allylic oxidation sites excluding steroid dienone is 2. The fourth-order valence-corrected chi connectivity index (χ4v) is 0.832. The topological polar surface area (TPSA) is 35.9 Å². The summed E-state index contributed by atoms with van der Waals surface area (Å²) in [6, 6.07) is 0. The standard InChI is InChI=1S/C9H18N2/c1-7(2)5-9(10)6-8(3)11-4/h6-7,10-11H,5H2,1-4H3/b8-6-,10-9?. The summed E-state index contributed by atoms with van der Waals surface area (Å²) in [5.74, 6) is 0.573. The van der Waals surface area contributed by atoms with Gasteiger partial charge in [-0.2, -0.15) is 0 Å². The van der Waals surface area contributed by atoms with Crippen LogP contribution in [0.15, 0.2) is 11.8 Å². The van der Waals surface area contributed by atoms with E-state index in [0.717, 1.165) is 12.1 Å². The van der Waals surface area contributed by atoms with Crippen LogP contribution in [0.4, 0.5) is 0 Å². The molecule has 0 unspecified atom stereocenters. The summed E-state index contributed by atoms with van der Waals surface area (Å²) in [5, 5.41) is 10.5. The van der Waals surface area contributed by atoms with E-state index < -0.39 is 0 Å². The average Bonchev–Trinajstić information content (AvgIpc) is 1.85. The van der Waals surface area contributed by atoms with E-state index in [0.29, 0.717) is 11.6 Å². The lowest BCUT2D eigenvalue weighted by Gasteiger charge is -2.03. The molecular formula is C9H18N2. The number of hydrogen-bond donors (Lipinski definition) is 2. The lowest BCUT2D eigenvalue weighted by Crippen LogP contribution is -2.06. The van der Waals surface area contributed by atoms with Gasteiger partial charge in [0.15, 0.2) is 0 Å². The van der Waals surface area contributed by atoms with E-state index in [1.165, 1.54) is 0 Å². The maximum atomic E-state index is 7.54. The first kappa shape index (κ1) is 10.2. The van der Waals surface area contributed by atoms with Gasteiger partial charge < -0.3 is 10.7 Å². The summed E-state index contributed by atoms with van der Waals surface area (Å²) in [4.78, 5) is 0. The molecule has 2 heteroatoms. The second kappa shape index (κ2) is 4.94. The highest BCUT2D eigenvalue weighted by Gasteiger charge is 1.97. The summed E-state index contributed by atoms with van der Waals surface area (Å²) in [5.41, 5.74) is 1.75. The zero-order chi connectivity index (χ0) is 8.85. The van der Waals surface area contributed by atoms with Crippen LogP contribution in [-0.2, 0) is 0 Å². The first-order valence-corrected chi connectivity index (χ1v) is 3.99. The molecule has 64 valence electrons. The van der Waals surface area contributed by atoms with Gasteiger partial charge in [0.2, 0.25) is 0 Å². The molecule has 0 aromatic rings. The smallest absolute Gasteiger partial charge is 0.0333 e. The summed E-state index contributed by atoms with van der Waals surface area (Å²) in [6.07, 6.45) is 2.74. The molecule has 2 nitrogen and oxygen atoms in total. The van der Waals surface area contributed by atoms with Crippen LogP contribution >= 0.6 is 0 Å². The predicted octanol–water partition coefficient (Wildman–Crippen LogP) is 2.18. The number of nitrogens with one attached hydrogen (secondary N) is 2. The average molecular weight is 154 g/mol. The van der Waals surface area contributed by atoms with Crippen LogP contribution in [0, 0.1) is 11.3 Å². The Morgan fingerprint density at radius 1 is 1.55 bits per heavy atom. The maximum absolute atomic E-state index is 7.54. The van der Waals surface area contributed by atoms with Crippen molar-refractivity contribution < 1.29 is 0 Å². The molecule has 0 aliphatic carbocycles. The van der Waals surface area contributed by atoms with Crippen molar-refractivity contribution in [1.29, 1.82) is 5.41 Å². The Bertz CT molecular complexity index is 157. The Kier molecular flexibility index (Phi) is 4.59. The van der Waals surface area contributed by atoms with E-state index in [-0.39, 0.29) is 0 Å². The Morgan fingerprint density at radius 3 is 2.45 bits per heavy atom. The Labute approximate surface area is 69.2 Å². The van der Waals surface area contributed by atoms with Crippen LogP contribution in [0.2, 0.25) is 0 Å². The van der Waals surface area contributed by atoms with Crippen LogP contribution in [0.25, 0.3) is 0 Å². The fourth-order valence-electron chi connectivity index (χ4n) is 0.832. The van der Waals surface area contributed by atoms with Gasteiger partial charge in [-0.3, -0.25) is 0 Å².